The van der Waals surface area contributed by atoms with Crippen LogP contribution in [0.1, 0.15) is 10.5 Å². The smallest absolute Gasteiger partial charge is 0.272 e. The molecule has 0 aliphatic heterocycles. The lowest BCUT2D eigenvalue weighted by atomic mass is 10.2. The van der Waals surface area contributed by atoms with Crippen molar-refractivity contribution < 1.29 is 4.79 Å². The molecule has 0 fully saturated rings. The molecule has 0 aliphatic rings. The predicted octanol–water partition coefficient (Wildman–Crippen LogP) is 3.16. The zero-order valence-electron chi connectivity index (χ0n) is 10.4. The van der Waals surface area contributed by atoms with Gasteiger partial charge in [0.1, 0.15) is 10.3 Å². The number of amides is 1. The summed E-state index contributed by atoms with van der Waals surface area (Å²) in [7, 11) is 0. The molecule has 6 heteroatoms. The number of nitrogens with zero attached hydrogens (tertiary/aromatic N) is 1. The van der Waals surface area contributed by atoms with Gasteiger partial charge in [0.05, 0.1) is 11.9 Å². The van der Waals surface area contributed by atoms with Crippen LogP contribution in [0.3, 0.4) is 0 Å². The van der Waals surface area contributed by atoms with Crippen LogP contribution in [0.15, 0.2) is 47.2 Å². The van der Waals surface area contributed by atoms with Crippen LogP contribution in [0, 0.1) is 0 Å². The second kappa shape index (κ2) is 4.97. The third kappa shape index (κ3) is 2.50. The second-order valence-corrected chi connectivity index (χ2v) is 5.17. The molecule has 5 nitrogen and oxygen atoms in total. The fraction of sp³-hybridized carbons (Fsp3) is 0. The highest BCUT2D eigenvalue weighted by Crippen LogP contribution is 2.19. The Morgan fingerprint density at radius 1 is 1.25 bits per heavy atom. The number of fused-ring (bicyclic) bond motifs is 1. The highest BCUT2D eigenvalue weighted by molar-refractivity contribution is 9.10. The van der Waals surface area contributed by atoms with E-state index in [9.17, 15) is 4.79 Å². The Morgan fingerprint density at radius 2 is 2.10 bits per heavy atom. The molecule has 0 saturated heterocycles. The van der Waals surface area contributed by atoms with E-state index in [1.54, 1.807) is 30.5 Å². The minimum atomic E-state index is -0.219. The monoisotopic (exact) mass is 330 g/mol. The molecule has 100 valence electrons. The van der Waals surface area contributed by atoms with Gasteiger partial charge in [0.15, 0.2) is 0 Å². The quantitative estimate of drug-likeness (QED) is 0.498. The number of hydrogen-bond acceptors (Lipinski definition) is 3. The standard InChI is InChI=1S/C14H11BrN4O/c15-13-4-2-10(7-17-13)18-14(20)12-6-8-5-9(16)1-3-11(8)19-12/h1-7,19H,16H2,(H,18,20). The number of benzene rings is 1. The van der Waals surface area contributed by atoms with Gasteiger partial charge in [0, 0.05) is 16.6 Å². The summed E-state index contributed by atoms with van der Waals surface area (Å²) in [5.41, 5.74) is 8.38. The number of carbonyl (C=O) groups excluding carboxylic acids is 1. The van der Waals surface area contributed by atoms with Crippen LogP contribution in [-0.4, -0.2) is 15.9 Å². The Hall–Kier alpha value is -2.34. The summed E-state index contributed by atoms with van der Waals surface area (Å²) in [5.74, 6) is -0.219. The molecular weight excluding hydrogens is 320 g/mol. The number of nitrogen functional groups attached to an aromatic ring is 1. The number of rotatable bonds is 2. The predicted molar refractivity (Wildman–Crippen MR) is 82.6 cm³/mol. The SMILES string of the molecule is Nc1ccc2[nH]c(C(=O)Nc3ccc(Br)nc3)cc2c1. The molecule has 1 amide bonds. The van der Waals surface area contributed by atoms with Crippen LogP contribution in [0.25, 0.3) is 10.9 Å². The number of nitrogens with two attached hydrogens (primary N) is 1. The van der Waals surface area contributed by atoms with Gasteiger partial charge in [-0.2, -0.15) is 0 Å². The number of aromatic amines is 1. The van der Waals surface area contributed by atoms with Gasteiger partial charge >= 0.3 is 0 Å². The number of anilines is 2. The largest absolute Gasteiger partial charge is 0.399 e. The Morgan fingerprint density at radius 3 is 2.85 bits per heavy atom. The van der Waals surface area contributed by atoms with Crippen molar-refractivity contribution in [2.45, 2.75) is 0 Å². The van der Waals surface area contributed by atoms with E-state index in [1.807, 2.05) is 12.1 Å². The number of nitrogens with one attached hydrogen (secondary N) is 2. The topological polar surface area (TPSA) is 83.8 Å². The normalized spacial score (nSPS) is 10.7. The molecule has 0 saturated carbocycles. The van der Waals surface area contributed by atoms with Crippen LogP contribution in [0.2, 0.25) is 0 Å². The summed E-state index contributed by atoms with van der Waals surface area (Å²) in [6.45, 7) is 0. The van der Waals surface area contributed by atoms with Gasteiger partial charge in [-0.3, -0.25) is 4.79 Å². The number of carbonyl (C=O) groups is 1. The van der Waals surface area contributed by atoms with Crippen molar-refractivity contribution in [3.8, 4) is 0 Å². The van der Waals surface area contributed by atoms with Crippen LogP contribution < -0.4 is 11.1 Å². The van der Waals surface area contributed by atoms with Crippen LogP contribution in [0.4, 0.5) is 11.4 Å². The lowest BCUT2D eigenvalue weighted by Crippen LogP contribution is -2.12. The maximum absolute atomic E-state index is 12.1. The molecule has 3 aromatic rings. The summed E-state index contributed by atoms with van der Waals surface area (Å²) in [6.07, 6.45) is 1.59. The maximum Gasteiger partial charge on any atom is 0.272 e. The second-order valence-electron chi connectivity index (χ2n) is 4.35. The minimum absolute atomic E-state index is 0.219. The third-order valence-electron chi connectivity index (χ3n) is 2.87. The van der Waals surface area contributed by atoms with Crippen molar-refractivity contribution in [3.63, 3.8) is 0 Å². The van der Waals surface area contributed by atoms with Gasteiger partial charge in [-0.25, -0.2) is 4.98 Å². The minimum Gasteiger partial charge on any atom is -0.399 e. The van der Waals surface area contributed by atoms with Gasteiger partial charge in [0.25, 0.3) is 5.91 Å². The van der Waals surface area contributed by atoms with E-state index in [4.69, 9.17) is 5.73 Å². The Bertz CT molecular complexity index is 779. The van der Waals surface area contributed by atoms with E-state index in [0.717, 1.165) is 15.5 Å². The summed E-state index contributed by atoms with van der Waals surface area (Å²) in [6, 6.07) is 10.8. The van der Waals surface area contributed by atoms with Crippen LogP contribution in [-0.2, 0) is 0 Å². The molecular formula is C14H11BrN4O. The van der Waals surface area contributed by atoms with Gasteiger partial charge in [0.2, 0.25) is 0 Å². The lowest BCUT2D eigenvalue weighted by Gasteiger charge is -2.02. The van der Waals surface area contributed by atoms with Gasteiger partial charge in [-0.15, -0.1) is 0 Å². The molecule has 0 spiro atoms. The van der Waals surface area contributed by atoms with E-state index in [1.165, 1.54) is 0 Å². The zero-order valence-corrected chi connectivity index (χ0v) is 11.9. The highest BCUT2D eigenvalue weighted by Gasteiger charge is 2.10. The number of H-pyrrole nitrogens is 1. The molecule has 1 aromatic carbocycles. The number of hydrogen-bond donors (Lipinski definition) is 3. The fourth-order valence-electron chi connectivity index (χ4n) is 1.92. The molecule has 0 radical (unpaired) electrons. The number of aromatic nitrogens is 2. The van der Waals surface area contributed by atoms with E-state index in [-0.39, 0.29) is 5.91 Å². The average molecular weight is 331 g/mol. The van der Waals surface area contributed by atoms with Crippen molar-refractivity contribution in [1.29, 1.82) is 0 Å². The Labute approximate surface area is 123 Å². The number of pyridine rings is 1. The molecule has 0 atom stereocenters. The summed E-state index contributed by atoms with van der Waals surface area (Å²) in [4.78, 5) is 19.3. The van der Waals surface area contributed by atoms with E-state index < -0.39 is 0 Å². The first-order chi connectivity index (χ1) is 9.61. The van der Waals surface area contributed by atoms with Crippen molar-refractivity contribution in [3.05, 3.63) is 52.9 Å². The average Bonchev–Trinajstić information content (AvgIpc) is 2.84. The first-order valence-corrected chi connectivity index (χ1v) is 6.72. The van der Waals surface area contributed by atoms with Crippen LogP contribution >= 0.6 is 15.9 Å². The summed E-state index contributed by atoms with van der Waals surface area (Å²) < 4.78 is 0.719. The van der Waals surface area contributed by atoms with Crippen molar-refractivity contribution in [2.75, 3.05) is 11.1 Å². The van der Waals surface area contributed by atoms with Crippen molar-refractivity contribution in [1.82, 2.24) is 9.97 Å². The molecule has 4 N–H and O–H groups in total. The molecule has 0 bridgehead atoms. The van der Waals surface area contributed by atoms with Gasteiger partial charge in [-0.05, 0) is 52.3 Å². The van der Waals surface area contributed by atoms with E-state index >= 15 is 0 Å². The van der Waals surface area contributed by atoms with Gasteiger partial charge < -0.3 is 16.0 Å². The van der Waals surface area contributed by atoms with Crippen molar-refractivity contribution >= 4 is 44.1 Å². The van der Waals surface area contributed by atoms with Gasteiger partial charge in [-0.1, -0.05) is 0 Å². The highest BCUT2D eigenvalue weighted by atomic mass is 79.9. The fourth-order valence-corrected chi connectivity index (χ4v) is 2.16. The lowest BCUT2D eigenvalue weighted by molar-refractivity contribution is 0.102. The first kappa shape index (κ1) is 12.7. The Kier molecular flexibility index (Phi) is 3.15. The molecule has 0 aliphatic carbocycles. The zero-order chi connectivity index (χ0) is 14.1. The molecule has 20 heavy (non-hydrogen) atoms. The van der Waals surface area contributed by atoms with Crippen molar-refractivity contribution in [2.24, 2.45) is 0 Å². The molecule has 3 rings (SSSR count). The summed E-state index contributed by atoms with van der Waals surface area (Å²) >= 11 is 3.24. The molecule has 0 unspecified atom stereocenters. The maximum atomic E-state index is 12.1. The number of halogens is 1. The Balaban J connectivity index is 1.86. The van der Waals surface area contributed by atoms with Crippen LogP contribution in [0.5, 0.6) is 0 Å². The summed E-state index contributed by atoms with van der Waals surface area (Å²) in [5, 5.41) is 3.68. The third-order valence-corrected chi connectivity index (χ3v) is 3.34. The molecule has 2 heterocycles. The van der Waals surface area contributed by atoms with E-state index in [0.29, 0.717) is 17.1 Å². The van der Waals surface area contributed by atoms with E-state index in [2.05, 4.69) is 31.2 Å². The first-order valence-electron chi connectivity index (χ1n) is 5.93. The molecule has 2 aromatic heterocycles.